The van der Waals surface area contributed by atoms with Crippen LogP contribution in [0.3, 0.4) is 0 Å². The van der Waals surface area contributed by atoms with Crippen LogP contribution in [0.2, 0.25) is 0 Å². The fourth-order valence-electron chi connectivity index (χ4n) is 9.74. The molecule has 7 heterocycles. The Balaban J connectivity index is 0.798. The Kier molecular flexibility index (Phi) is 16.7. The molecular weight excluding hydrogens is 1030 g/mol. The van der Waals surface area contributed by atoms with Crippen LogP contribution < -0.4 is 35.6 Å². The third-order valence-corrected chi connectivity index (χ3v) is 13.5. The SMILES string of the molecule is C=CCOC(=O)Nc1ccc2c(ccn2C(=O)c2cc(NC(=O)c3cc(NC(=O)c4nc(NC(=O)CCCOc5cc6c(cc5OC)C(=O)N5CC(=C)C[C@H]5C(OC5CCCCO5)N6C(=O)OCC=C)cn4C)cn3C)cn2C)c1. The van der Waals surface area contributed by atoms with Crippen molar-refractivity contribution in [2.24, 2.45) is 21.1 Å². The monoisotopic (exact) mass is 1100 g/mol. The molecular formula is C56H61N11O13. The van der Waals surface area contributed by atoms with E-state index >= 15 is 0 Å². The number of fused-ring (bicyclic) bond motifs is 3. The Morgan fingerprint density at radius 3 is 2.29 bits per heavy atom. The Bertz CT molecular complexity index is 3430. The number of anilines is 5. The summed E-state index contributed by atoms with van der Waals surface area (Å²) in [5.41, 5.74) is 3.34. The van der Waals surface area contributed by atoms with Crippen LogP contribution >= 0.6 is 0 Å². The summed E-state index contributed by atoms with van der Waals surface area (Å²) in [6, 6.07) is 12.3. The minimum atomic E-state index is -1.00. The second kappa shape index (κ2) is 24.1. The Hall–Kier alpha value is -9.42. The normalized spacial score (nSPS) is 16.7. The Morgan fingerprint density at radius 2 is 1.55 bits per heavy atom. The minimum absolute atomic E-state index is 0.0146. The molecule has 9 rings (SSSR count). The van der Waals surface area contributed by atoms with Crippen molar-refractivity contribution in [1.82, 2.24) is 28.2 Å². The van der Waals surface area contributed by atoms with Gasteiger partial charge < -0.3 is 63.0 Å². The van der Waals surface area contributed by atoms with Gasteiger partial charge >= 0.3 is 12.2 Å². The van der Waals surface area contributed by atoms with Crippen LogP contribution in [0, 0.1) is 0 Å². The average Bonchev–Trinajstić information content (AvgIpc) is 4.33. The van der Waals surface area contributed by atoms with Crippen molar-refractivity contribution >= 4 is 81.2 Å². The topological polar surface area (TPSA) is 262 Å². The van der Waals surface area contributed by atoms with E-state index in [1.807, 2.05) is 0 Å². The number of hydrogen-bond donors (Lipinski definition) is 4. The first-order chi connectivity index (χ1) is 38.5. The van der Waals surface area contributed by atoms with Gasteiger partial charge in [-0.1, -0.05) is 37.5 Å². The van der Waals surface area contributed by atoms with E-state index in [4.69, 9.17) is 28.4 Å². The van der Waals surface area contributed by atoms with E-state index in [-0.39, 0.29) is 96.8 Å². The smallest absolute Gasteiger partial charge is 0.416 e. The van der Waals surface area contributed by atoms with Gasteiger partial charge in [0.1, 0.15) is 24.6 Å². The summed E-state index contributed by atoms with van der Waals surface area (Å²) in [5.74, 6) is -1.75. The number of rotatable bonds is 19. The van der Waals surface area contributed by atoms with Gasteiger partial charge in [0, 0.05) is 82.6 Å². The number of carbonyl (C=O) groups excluding carboxylic acids is 7. The summed E-state index contributed by atoms with van der Waals surface area (Å²) in [7, 11) is 6.33. The number of amides is 6. The van der Waals surface area contributed by atoms with Crippen molar-refractivity contribution < 1.29 is 62.0 Å². The minimum Gasteiger partial charge on any atom is -0.493 e. The highest BCUT2D eigenvalue weighted by atomic mass is 16.7. The lowest BCUT2D eigenvalue weighted by atomic mass is 10.1. The first kappa shape index (κ1) is 55.3. The molecule has 0 bridgehead atoms. The summed E-state index contributed by atoms with van der Waals surface area (Å²) in [6.45, 7) is 12.1. The van der Waals surface area contributed by atoms with E-state index in [1.54, 1.807) is 79.5 Å². The zero-order valence-electron chi connectivity index (χ0n) is 44.7. The fourth-order valence-corrected chi connectivity index (χ4v) is 9.74. The predicted molar refractivity (Wildman–Crippen MR) is 294 cm³/mol. The van der Waals surface area contributed by atoms with Crippen molar-refractivity contribution in [3.63, 3.8) is 0 Å². The fraction of sp³-hybridized carbons (Fsp3) is 0.321. The summed E-state index contributed by atoms with van der Waals surface area (Å²) in [5, 5.41) is 11.6. The molecule has 0 spiro atoms. The van der Waals surface area contributed by atoms with Gasteiger partial charge in [0.15, 0.2) is 29.8 Å². The average molecular weight is 1100 g/mol. The molecule has 6 aromatic rings. The van der Waals surface area contributed by atoms with E-state index in [0.29, 0.717) is 47.4 Å². The molecule has 0 saturated carbocycles. The predicted octanol–water partition coefficient (Wildman–Crippen LogP) is 7.57. The molecule has 2 saturated heterocycles. The van der Waals surface area contributed by atoms with Crippen LogP contribution in [0.15, 0.2) is 111 Å². The highest BCUT2D eigenvalue weighted by Gasteiger charge is 2.49. The number of aromatic nitrogens is 5. The van der Waals surface area contributed by atoms with Crippen LogP contribution in [0.4, 0.5) is 38.2 Å². The Labute approximate surface area is 459 Å². The quantitative estimate of drug-likeness (QED) is 0.0451. The molecule has 6 amide bonds. The van der Waals surface area contributed by atoms with Crippen LogP contribution in [0.25, 0.3) is 10.9 Å². The number of methoxy groups -OCH3 is 1. The van der Waals surface area contributed by atoms with Crippen LogP contribution in [0.1, 0.15) is 80.5 Å². The maximum absolute atomic E-state index is 14.3. The molecule has 0 aliphatic carbocycles. The van der Waals surface area contributed by atoms with Crippen molar-refractivity contribution in [3.8, 4) is 11.5 Å². The van der Waals surface area contributed by atoms with Crippen molar-refractivity contribution in [3.05, 3.63) is 134 Å². The molecule has 4 N–H and O–H groups in total. The molecule has 2 aromatic carbocycles. The summed E-state index contributed by atoms with van der Waals surface area (Å²) < 4.78 is 40.9. The molecule has 3 aliphatic rings. The number of ether oxygens (including phenoxy) is 6. The van der Waals surface area contributed by atoms with Gasteiger partial charge in [-0.3, -0.25) is 33.9 Å². The second-order valence-electron chi connectivity index (χ2n) is 19.2. The van der Waals surface area contributed by atoms with Gasteiger partial charge in [0.2, 0.25) is 11.7 Å². The van der Waals surface area contributed by atoms with Crippen LogP contribution in [-0.2, 0) is 44.9 Å². The third-order valence-electron chi connectivity index (χ3n) is 13.5. The van der Waals surface area contributed by atoms with Gasteiger partial charge in [0.25, 0.3) is 23.6 Å². The molecule has 24 heteroatoms. The largest absolute Gasteiger partial charge is 0.493 e. The summed E-state index contributed by atoms with van der Waals surface area (Å²) >= 11 is 0. The van der Waals surface area contributed by atoms with Gasteiger partial charge in [-0.25, -0.2) is 19.5 Å². The van der Waals surface area contributed by atoms with E-state index in [1.165, 1.54) is 62.3 Å². The van der Waals surface area contributed by atoms with Crippen molar-refractivity contribution in [2.75, 3.05) is 66.2 Å². The zero-order chi connectivity index (χ0) is 56.8. The first-order valence-electron chi connectivity index (χ1n) is 25.7. The second-order valence-corrected chi connectivity index (χ2v) is 19.2. The summed E-state index contributed by atoms with van der Waals surface area (Å²) in [6.07, 6.45) is 9.06. The number of benzene rings is 2. The molecule has 24 nitrogen and oxygen atoms in total. The van der Waals surface area contributed by atoms with E-state index in [9.17, 15) is 33.6 Å². The van der Waals surface area contributed by atoms with Crippen LogP contribution in [0.5, 0.6) is 11.5 Å². The van der Waals surface area contributed by atoms with Gasteiger partial charge in [-0.2, -0.15) is 0 Å². The molecule has 2 unspecified atom stereocenters. The van der Waals surface area contributed by atoms with Crippen molar-refractivity contribution in [1.29, 1.82) is 0 Å². The van der Waals surface area contributed by atoms with E-state index in [0.717, 1.165) is 18.4 Å². The van der Waals surface area contributed by atoms with E-state index in [2.05, 4.69) is 46.0 Å². The van der Waals surface area contributed by atoms with Crippen molar-refractivity contribution in [2.45, 2.75) is 57.1 Å². The number of hydrogen-bond acceptors (Lipinski definition) is 14. The lowest BCUT2D eigenvalue weighted by molar-refractivity contribution is -0.195. The highest BCUT2D eigenvalue weighted by molar-refractivity contribution is 6.09. The number of nitrogens with zero attached hydrogens (tertiary/aromatic N) is 7. The van der Waals surface area contributed by atoms with E-state index < -0.39 is 48.5 Å². The Morgan fingerprint density at radius 1 is 0.812 bits per heavy atom. The van der Waals surface area contributed by atoms with Gasteiger partial charge in [-0.15, -0.1) is 0 Å². The number of carbonyl (C=O) groups is 7. The summed E-state index contributed by atoms with van der Waals surface area (Å²) in [4.78, 5) is 102. The standard InChI is InChI=1S/C56H61N11O13/c1-8-19-78-55(73)59-35-15-16-39-34(24-35)17-18-65(39)53(72)42-26-37(31-63(42)5)57-50(69)41-25-36(30-62(41)4)58-51(70)49-61-46(32-64(49)6)60-47(68)13-12-22-76-45-28-40-38(27-44(45)75-7)52(71)66-29-33(3)23-43(66)54(67(40)56(74)79-20-9-2)80-48-14-10-11-21-77-48/h8-9,15-18,24-28,30-32,43,48,54H,1-3,10-14,19-23,29H2,4-7H3,(H,57,69)(H,58,70)(H,59,73)(H,60,68)/t43-,48?,54?/m0/s1. The lowest BCUT2D eigenvalue weighted by Gasteiger charge is -2.38. The number of nitrogens with one attached hydrogen (secondary N) is 4. The number of imidazole rings is 1. The first-order valence-corrected chi connectivity index (χ1v) is 25.7. The van der Waals surface area contributed by atoms with Gasteiger partial charge in [-0.05, 0) is 74.6 Å². The maximum atomic E-state index is 14.3. The highest BCUT2D eigenvalue weighted by Crippen LogP contribution is 2.43. The molecule has 418 valence electrons. The molecule has 2 fully saturated rings. The third kappa shape index (κ3) is 12.0. The molecule has 0 radical (unpaired) electrons. The lowest BCUT2D eigenvalue weighted by Crippen LogP contribution is -2.54. The molecule has 3 aliphatic heterocycles. The van der Waals surface area contributed by atoms with Crippen LogP contribution in [-0.4, -0.2) is 129 Å². The molecule has 4 aromatic heterocycles. The maximum Gasteiger partial charge on any atom is 0.416 e. The zero-order valence-corrected chi connectivity index (χ0v) is 44.7. The van der Waals surface area contributed by atoms with Gasteiger partial charge in [0.05, 0.1) is 47.9 Å². The molecule has 3 atom stereocenters. The molecule has 80 heavy (non-hydrogen) atoms. The number of aryl methyl sites for hydroxylation is 3.